The number of piperidine rings is 1. The van der Waals surface area contributed by atoms with Crippen LogP contribution in [0, 0.1) is 5.41 Å². The van der Waals surface area contributed by atoms with Crippen molar-refractivity contribution >= 4 is 16.4 Å². The van der Waals surface area contributed by atoms with E-state index in [1.165, 1.54) is 38.8 Å². The van der Waals surface area contributed by atoms with E-state index in [2.05, 4.69) is 9.89 Å². The Labute approximate surface area is 113 Å². The van der Waals surface area contributed by atoms with Gasteiger partial charge in [0.1, 0.15) is 0 Å². The highest BCUT2D eigenvalue weighted by Gasteiger charge is 2.44. The molecule has 0 aromatic carbocycles. The van der Waals surface area contributed by atoms with Gasteiger partial charge in [-0.15, -0.1) is 0 Å². The fourth-order valence-electron chi connectivity index (χ4n) is 2.25. The quantitative estimate of drug-likeness (QED) is 0.311. The summed E-state index contributed by atoms with van der Waals surface area (Å²) in [5.41, 5.74) is 11.3. The topological polar surface area (TPSA) is 142 Å². The molecule has 0 aromatic heterocycles. The van der Waals surface area contributed by atoms with Crippen LogP contribution < -0.4 is 11.5 Å². The maximum atomic E-state index is 8.74. The molecule has 112 valence electrons. The minimum absolute atomic E-state index is 0.209. The van der Waals surface area contributed by atoms with Gasteiger partial charge in [0.25, 0.3) is 0 Å². The lowest BCUT2D eigenvalue weighted by Gasteiger charge is -2.31. The molecule has 0 bridgehead atoms. The number of hydrogen-bond donors (Lipinski definition) is 4. The van der Waals surface area contributed by atoms with E-state index in [4.69, 9.17) is 29.0 Å². The van der Waals surface area contributed by atoms with Crippen LogP contribution in [-0.2, 0) is 10.4 Å². The second-order valence-electron chi connectivity index (χ2n) is 5.10. The molecule has 6 N–H and O–H groups in total. The summed E-state index contributed by atoms with van der Waals surface area (Å²) in [6, 6.07) is 0. The Kier molecular flexibility index (Phi) is 5.53. The van der Waals surface area contributed by atoms with E-state index in [-0.39, 0.29) is 5.96 Å². The lowest BCUT2D eigenvalue weighted by atomic mass is 9.94. The van der Waals surface area contributed by atoms with E-state index in [0.717, 1.165) is 18.5 Å². The first-order valence-electron chi connectivity index (χ1n) is 6.18. The molecule has 2 fully saturated rings. The number of rotatable bonds is 3. The van der Waals surface area contributed by atoms with Crippen molar-refractivity contribution in [3.63, 3.8) is 0 Å². The van der Waals surface area contributed by atoms with Gasteiger partial charge in [0, 0.05) is 6.54 Å². The normalized spacial score (nSPS) is 21.4. The van der Waals surface area contributed by atoms with Gasteiger partial charge < -0.3 is 16.4 Å². The molecular formula is C10H22N4O4S. The molecule has 1 saturated carbocycles. The molecule has 0 amide bonds. The lowest BCUT2D eigenvalue weighted by molar-refractivity contribution is 0.177. The minimum Gasteiger partial charge on any atom is -0.370 e. The average Bonchev–Trinajstić information content (AvgIpc) is 2.99. The third-order valence-corrected chi connectivity index (χ3v) is 3.58. The molecule has 0 atom stereocenters. The first-order chi connectivity index (χ1) is 8.70. The number of hydrogen-bond acceptors (Lipinski definition) is 4. The Bertz CT molecular complexity index is 397. The van der Waals surface area contributed by atoms with Crippen LogP contribution in [0.5, 0.6) is 0 Å². The molecule has 9 heteroatoms. The van der Waals surface area contributed by atoms with E-state index in [9.17, 15) is 0 Å². The summed E-state index contributed by atoms with van der Waals surface area (Å²) >= 11 is 0. The van der Waals surface area contributed by atoms with Crippen molar-refractivity contribution in [2.24, 2.45) is 21.9 Å². The number of aliphatic imine (C=N–C) groups is 1. The SMILES string of the molecule is NC(N)=NCCN1CCC2(CC1)CC2.O=S(=O)(O)O. The van der Waals surface area contributed by atoms with Crippen LogP contribution in [0.4, 0.5) is 0 Å². The first-order valence-corrected chi connectivity index (χ1v) is 7.58. The zero-order chi connectivity index (χ0) is 14.5. The summed E-state index contributed by atoms with van der Waals surface area (Å²) < 4.78 is 31.6. The maximum Gasteiger partial charge on any atom is 0.394 e. The summed E-state index contributed by atoms with van der Waals surface area (Å²) in [5.74, 6) is 0.209. The zero-order valence-corrected chi connectivity index (χ0v) is 11.6. The van der Waals surface area contributed by atoms with Crippen LogP contribution in [0.3, 0.4) is 0 Å². The van der Waals surface area contributed by atoms with Crippen molar-refractivity contribution in [3.8, 4) is 0 Å². The van der Waals surface area contributed by atoms with E-state index >= 15 is 0 Å². The molecule has 0 radical (unpaired) electrons. The zero-order valence-electron chi connectivity index (χ0n) is 10.8. The van der Waals surface area contributed by atoms with Gasteiger partial charge in [0.05, 0.1) is 6.54 Å². The molecular weight excluding hydrogens is 272 g/mol. The van der Waals surface area contributed by atoms with Crippen LogP contribution in [0.15, 0.2) is 4.99 Å². The van der Waals surface area contributed by atoms with Crippen LogP contribution in [0.25, 0.3) is 0 Å². The Morgan fingerprint density at radius 1 is 1.16 bits per heavy atom. The highest BCUT2D eigenvalue weighted by atomic mass is 32.3. The molecule has 1 heterocycles. The van der Waals surface area contributed by atoms with Crippen LogP contribution in [0.1, 0.15) is 25.7 Å². The van der Waals surface area contributed by atoms with Gasteiger partial charge in [0.2, 0.25) is 0 Å². The summed E-state index contributed by atoms with van der Waals surface area (Å²) in [7, 11) is -4.67. The predicted molar refractivity (Wildman–Crippen MR) is 72.2 cm³/mol. The fraction of sp³-hybridized carbons (Fsp3) is 0.900. The molecule has 0 unspecified atom stereocenters. The summed E-state index contributed by atoms with van der Waals surface area (Å²) in [4.78, 5) is 6.47. The van der Waals surface area contributed by atoms with Crippen LogP contribution in [0.2, 0.25) is 0 Å². The highest BCUT2D eigenvalue weighted by Crippen LogP contribution is 2.53. The van der Waals surface area contributed by atoms with Crippen LogP contribution in [-0.4, -0.2) is 54.6 Å². The third kappa shape index (κ3) is 7.98. The van der Waals surface area contributed by atoms with E-state index in [1.54, 1.807) is 0 Å². The molecule has 1 aliphatic carbocycles. The second-order valence-corrected chi connectivity index (χ2v) is 5.99. The predicted octanol–water partition coefficient (Wildman–Crippen LogP) is -0.517. The molecule has 0 aromatic rings. The third-order valence-electron chi connectivity index (χ3n) is 3.58. The molecule has 1 aliphatic heterocycles. The number of likely N-dealkylation sites (tertiary alicyclic amines) is 1. The fourth-order valence-corrected chi connectivity index (χ4v) is 2.25. The largest absolute Gasteiger partial charge is 0.394 e. The first kappa shape index (κ1) is 16.2. The second kappa shape index (κ2) is 6.51. The Morgan fingerprint density at radius 3 is 2.00 bits per heavy atom. The standard InChI is InChI=1S/C10H20N4.H2O4S/c11-9(12)13-5-8-14-6-3-10(1-2-10)4-7-14;1-5(2,3)4/h1-8H2,(H4,11,12,13);(H2,1,2,3,4). The van der Waals surface area contributed by atoms with Gasteiger partial charge >= 0.3 is 10.4 Å². The summed E-state index contributed by atoms with van der Waals surface area (Å²) in [6.07, 6.45) is 5.70. The molecule has 2 aliphatic rings. The van der Waals surface area contributed by atoms with Crippen LogP contribution >= 0.6 is 0 Å². The smallest absolute Gasteiger partial charge is 0.370 e. The van der Waals surface area contributed by atoms with Gasteiger partial charge in [-0.2, -0.15) is 8.42 Å². The maximum absolute atomic E-state index is 8.74. The van der Waals surface area contributed by atoms with E-state index in [0.29, 0.717) is 0 Å². The Balaban J connectivity index is 0.000000312. The van der Waals surface area contributed by atoms with Gasteiger partial charge in [0.15, 0.2) is 5.96 Å². The molecule has 1 saturated heterocycles. The van der Waals surface area contributed by atoms with Crippen molar-refractivity contribution in [1.82, 2.24) is 4.90 Å². The average molecular weight is 294 g/mol. The number of guanidine groups is 1. The van der Waals surface area contributed by atoms with E-state index in [1.807, 2.05) is 0 Å². The summed E-state index contributed by atoms with van der Waals surface area (Å²) in [5, 5.41) is 0. The van der Waals surface area contributed by atoms with Gasteiger partial charge in [-0.25, -0.2) is 0 Å². The molecule has 2 rings (SSSR count). The van der Waals surface area contributed by atoms with Crippen molar-refractivity contribution in [3.05, 3.63) is 0 Å². The molecule has 19 heavy (non-hydrogen) atoms. The monoisotopic (exact) mass is 294 g/mol. The van der Waals surface area contributed by atoms with Gasteiger partial charge in [-0.3, -0.25) is 14.1 Å². The van der Waals surface area contributed by atoms with Crippen molar-refractivity contribution in [2.45, 2.75) is 25.7 Å². The number of nitrogens with two attached hydrogens (primary N) is 2. The molecule has 1 spiro atoms. The van der Waals surface area contributed by atoms with Crippen molar-refractivity contribution in [2.75, 3.05) is 26.2 Å². The lowest BCUT2D eigenvalue weighted by Crippen LogP contribution is -2.36. The minimum atomic E-state index is -4.67. The Hall–Kier alpha value is -0.900. The Morgan fingerprint density at radius 2 is 1.63 bits per heavy atom. The van der Waals surface area contributed by atoms with Crippen molar-refractivity contribution < 1.29 is 17.5 Å². The van der Waals surface area contributed by atoms with Gasteiger partial charge in [-0.05, 0) is 44.2 Å². The van der Waals surface area contributed by atoms with Crippen molar-refractivity contribution in [1.29, 1.82) is 0 Å². The van der Waals surface area contributed by atoms with Gasteiger partial charge in [-0.1, -0.05) is 0 Å². The highest BCUT2D eigenvalue weighted by molar-refractivity contribution is 7.79. The number of nitrogens with zero attached hydrogens (tertiary/aromatic N) is 2. The van der Waals surface area contributed by atoms with E-state index < -0.39 is 10.4 Å². The summed E-state index contributed by atoms with van der Waals surface area (Å²) in [6.45, 7) is 4.23. The molecule has 8 nitrogen and oxygen atoms in total.